The third kappa shape index (κ3) is 5.44. The van der Waals surface area contributed by atoms with Crippen molar-refractivity contribution in [3.8, 4) is 0 Å². The van der Waals surface area contributed by atoms with Gasteiger partial charge in [0.15, 0.2) is 5.96 Å². The van der Waals surface area contributed by atoms with Crippen molar-refractivity contribution < 1.29 is 4.39 Å². The van der Waals surface area contributed by atoms with E-state index in [4.69, 9.17) is 11.6 Å². The van der Waals surface area contributed by atoms with Crippen molar-refractivity contribution in [2.75, 3.05) is 39.8 Å². The summed E-state index contributed by atoms with van der Waals surface area (Å²) in [6.07, 6.45) is 4.63. The Balaban J connectivity index is 0.00000225. The minimum atomic E-state index is -0.294. The van der Waals surface area contributed by atoms with E-state index in [0.717, 1.165) is 37.6 Å². The van der Waals surface area contributed by atoms with Gasteiger partial charge in [-0.2, -0.15) is 0 Å². The lowest BCUT2D eigenvalue weighted by molar-refractivity contribution is 0.249. The fourth-order valence-electron chi connectivity index (χ4n) is 3.70. The van der Waals surface area contributed by atoms with Crippen LogP contribution in [0.4, 0.5) is 4.39 Å². The predicted molar refractivity (Wildman–Crippen MR) is 113 cm³/mol. The average molecular weight is 481 g/mol. The predicted octanol–water partition coefficient (Wildman–Crippen LogP) is 3.39. The number of nitrogens with zero attached hydrogens (tertiary/aromatic N) is 3. The molecule has 2 aliphatic heterocycles. The highest BCUT2D eigenvalue weighted by atomic mass is 127. The average Bonchev–Trinajstić information content (AvgIpc) is 3.24. The van der Waals surface area contributed by atoms with Gasteiger partial charge in [-0.3, -0.25) is 9.89 Å². The van der Waals surface area contributed by atoms with E-state index in [1.807, 2.05) is 7.05 Å². The molecule has 1 atom stereocenters. The van der Waals surface area contributed by atoms with E-state index in [9.17, 15) is 4.39 Å². The van der Waals surface area contributed by atoms with Crippen LogP contribution >= 0.6 is 35.6 Å². The second-order valence-electron chi connectivity index (χ2n) is 6.59. The second kappa shape index (κ2) is 9.92. The van der Waals surface area contributed by atoms with Crippen LogP contribution in [0.5, 0.6) is 0 Å². The van der Waals surface area contributed by atoms with E-state index in [1.165, 1.54) is 44.5 Å². The van der Waals surface area contributed by atoms with E-state index in [1.54, 1.807) is 6.07 Å². The first-order valence-corrected chi connectivity index (χ1v) is 9.19. The van der Waals surface area contributed by atoms with Crippen molar-refractivity contribution in [3.05, 3.63) is 34.6 Å². The van der Waals surface area contributed by atoms with Crippen LogP contribution in [0.2, 0.25) is 5.02 Å². The molecule has 0 amide bonds. The Morgan fingerprint density at radius 3 is 2.76 bits per heavy atom. The maximum Gasteiger partial charge on any atom is 0.193 e. The van der Waals surface area contributed by atoms with E-state index in [0.29, 0.717) is 11.1 Å². The Labute approximate surface area is 171 Å². The molecule has 2 aliphatic rings. The molecule has 7 heteroatoms. The highest BCUT2D eigenvalue weighted by Gasteiger charge is 2.30. The molecule has 3 rings (SSSR count). The molecular formula is C18H27ClFIN4. The Kier molecular flexibility index (Phi) is 8.22. The molecule has 1 aromatic carbocycles. The molecule has 0 saturated carbocycles. The van der Waals surface area contributed by atoms with Crippen molar-refractivity contribution in [3.63, 3.8) is 0 Å². The van der Waals surface area contributed by atoms with E-state index < -0.39 is 0 Å². The summed E-state index contributed by atoms with van der Waals surface area (Å²) in [5.74, 6) is 0.660. The number of benzene rings is 1. The molecule has 1 unspecified atom stereocenters. The van der Waals surface area contributed by atoms with Crippen molar-refractivity contribution in [2.45, 2.75) is 31.7 Å². The number of halogens is 3. The third-order valence-electron chi connectivity index (χ3n) is 5.02. The standard InChI is InChI=1S/C18H26ClFN4.HI/c1-21-18(22-8-6-14-4-5-15(20)12-17(14)19)24-11-7-16(13-24)23-9-2-3-10-23;/h4-5,12,16H,2-3,6-11,13H2,1H3,(H,21,22);1H. The van der Waals surface area contributed by atoms with Gasteiger partial charge >= 0.3 is 0 Å². The van der Waals surface area contributed by atoms with Gasteiger partial charge in [0.2, 0.25) is 0 Å². The molecule has 0 bridgehead atoms. The first-order chi connectivity index (χ1) is 11.7. The molecule has 0 spiro atoms. The number of nitrogens with one attached hydrogen (secondary N) is 1. The van der Waals surface area contributed by atoms with Crippen LogP contribution in [-0.2, 0) is 6.42 Å². The summed E-state index contributed by atoms with van der Waals surface area (Å²) in [5.41, 5.74) is 0.956. The molecule has 0 aliphatic carbocycles. The first-order valence-electron chi connectivity index (χ1n) is 8.81. The van der Waals surface area contributed by atoms with Crippen molar-refractivity contribution >= 4 is 41.5 Å². The minimum absolute atomic E-state index is 0. The molecule has 2 saturated heterocycles. The maximum absolute atomic E-state index is 13.1. The number of rotatable bonds is 4. The van der Waals surface area contributed by atoms with E-state index in [2.05, 4.69) is 20.1 Å². The Bertz CT molecular complexity index is 592. The smallest absolute Gasteiger partial charge is 0.193 e. The molecule has 4 nitrogen and oxygen atoms in total. The summed E-state index contributed by atoms with van der Waals surface area (Å²) in [5, 5.41) is 3.91. The number of hydrogen-bond acceptors (Lipinski definition) is 2. The molecule has 140 valence electrons. The molecule has 1 N–H and O–H groups in total. The molecule has 25 heavy (non-hydrogen) atoms. The van der Waals surface area contributed by atoms with E-state index in [-0.39, 0.29) is 29.8 Å². The fourth-order valence-corrected chi connectivity index (χ4v) is 3.97. The SMILES string of the molecule is CN=C(NCCc1ccc(F)cc1Cl)N1CCC(N2CCCC2)C1.I. The van der Waals surface area contributed by atoms with Crippen LogP contribution in [0.15, 0.2) is 23.2 Å². The topological polar surface area (TPSA) is 30.9 Å². The van der Waals surface area contributed by atoms with Gasteiger partial charge in [0, 0.05) is 37.7 Å². The first kappa shape index (κ1) is 20.7. The van der Waals surface area contributed by atoms with E-state index >= 15 is 0 Å². The lowest BCUT2D eigenvalue weighted by atomic mass is 10.1. The number of likely N-dealkylation sites (tertiary alicyclic amines) is 2. The Hall–Kier alpha value is -0.600. The molecule has 0 aromatic heterocycles. The van der Waals surface area contributed by atoms with Gasteiger partial charge < -0.3 is 10.2 Å². The second-order valence-corrected chi connectivity index (χ2v) is 7.00. The summed E-state index contributed by atoms with van der Waals surface area (Å²) in [4.78, 5) is 9.38. The largest absolute Gasteiger partial charge is 0.356 e. The van der Waals surface area contributed by atoms with Gasteiger partial charge in [-0.25, -0.2) is 4.39 Å². The zero-order valence-corrected chi connectivity index (χ0v) is 17.8. The normalized spacial score (nSPS) is 21.5. The van der Waals surface area contributed by atoms with Gasteiger partial charge in [0.05, 0.1) is 0 Å². The molecule has 1 aromatic rings. The molecule has 2 fully saturated rings. The third-order valence-corrected chi connectivity index (χ3v) is 5.38. The van der Waals surface area contributed by atoms with Crippen molar-refractivity contribution in [1.82, 2.24) is 15.1 Å². The summed E-state index contributed by atoms with van der Waals surface area (Å²) in [7, 11) is 1.83. The summed E-state index contributed by atoms with van der Waals surface area (Å²) in [6.45, 7) is 5.33. The number of guanidine groups is 1. The van der Waals surface area contributed by atoms with Crippen molar-refractivity contribution in [2.24, 2.45) is 4.99 Å². The fraction of sp³-hybridized carbons (Fsp3) is 0.611. The zero-order valence-electron chi connectivity index (χ0n) is 14.7. The van der Waals surface area contributed by atoms with Crippen LogP contribution in [0.3, 0.4) is 0 Å². The highest BCUT2D eigenvalue weighted by molar-refractivity contribution is 14.0. The molecular weight excluding hydrogens is 454 g/mol. The van der Waals surface area contributed by atoms with Crippen LogP contribution in [0.25, 0.3) is 0 Å². The summed E-state index contributed by atoms with van der Waals surface area (Å²) < 4.78 is 13.1. The highest BCUT2D eigenvalue weighted by Crippen LogP contribution is 2.21. The Morgan fingerprint density at radius 1 is 1.32 bits per heavy atom. The summed E-state index contributed by atoms with van der Waals surface area (Å²) >= 11 is 6.08. The van der Waals surface area contributed by atoms with Gasteiger partial charge in [-0.15, -0.1) is 24.0 Å². The lowest BCUT2D eigenvalue weighted by Gasteiger charge is -2.25. The zero-order chi connectivity index (χ0) is 16.9. The van der Waals surface area contributed by atoms with Crippen LogP contribution in [-0.4, -0.2) is 61.6 Å². The number of hydrogen-bond donors (Lipinski definition) is 1. The molecule has 0 radical (unpaired) electrons. The quantitative estimate of drug-likeness (QED) is 0.407. The van der Waals surface area contributed by atoms with Crippen LogP contribution in [0.1, 0.15) is 24.8 Å². The van der Waals surface area contributed by atoms with Gasteiger partial charge in [0.25, 0.3) is 0 Å². The van der Waals surface area contributed by atoms with Crippen LogP contribution < -0.4 is 5.32 Å². The lowest BCUT2D eigenvalue weighted by Crippen LogP contribution is -2.43. The number of aliphatic imine (C=N–C) groups is 1. The minimum Gasteiger partial charge on any atom is -0.356 e. The maximum atomic E-state index is 13.1. The summed E-state index contributed by atoms with van der Waals surface area (Å²) in [6, 6.07) is 5.24. The Morgan fingerprint density at radius 2 is 2.08 bits per heavy atom. The van der Waals surface area contributed by atoms with Gasteiger partial charge in [-0.05, 0) is 56.5 Å². The molecule has 2 heterocycles. The van der Waals surface area contributed by atoms with Crippen LogP contribution in [0, 0.1) is 5.82 Å². The van der Waals surface area contributed by atoms with Crippen molar-refractivity contribution in [1.29, 1.82) is 0 Å². The van der Waals surface area contributed by atoms with Gasteiger partial charge in [0.1, 0.15) is 5.82 Å². The monoisotopic (exact) mass is 480 g/mol. The van der Waals surface area contributed by atoms with Gasteiger partial charge in [-0.1, -0.05) is 17.7 Å².